The lowest BCUT2D eigenvalue weighted by molar-refractivity contribution is 0.0374. The highest BCUT2D eigenvalue weighted by molar-refractivity contribution is 5.39. The molecule has 2 aromatic rings. The summed E-state index contributed by atoms with van der Waals surface area (Å²) < 4.78 is 17.1. The number of morpholine rings is 1. The third kappa shape index (κ3) is 5.72. The zero-order valence-electron chi connectivity index (χ0n) is 16.8. The van der Waals surface area contributed by atoms with Crippen molar-refractivity contribution in [2.24, 2.45) is 0 Å². The topological polar surface area (TPSA) is 30.9 Å². The molecule has 1 aliphatic rings. The molecule has 0 radical (unpaired) electrons. The molecule has 0 atom stereocenters. The molecule has 146 valence electrons. The van der Waals surface area contributed by atoms with Crippen molar-refractivity contribution in [3.63, 3.8) is 0 Å². The van der Waals surface area contributed by atoms with Gasteiger partial charge in [-0.15, -0.1) is 0 Å². The molecule has 0 aliphatic carbocycles. The van der Waals surface area contributed by atoms with E-state index in [1.807, 2.05) is 0 Å². The second-order valence-corrected chi connectivity index (χ2v) is 7.26. The van der Waals surface area contributed by atoms with Crippen molar-refractivity contribution in [2.75, 3.05) is 40.0 Å². The number of hydrogen-bond acceptors (Lipinski definition) is 4. The van der Waals surface area contributed by atoms with Crippen LogP contribution in [0.3, 0.4) is 0 Å². The van der Waals surface area contributed by atoms with E-state index in [1.54, 1.807) is 7.11 Å². The van der Waals surface area contributed by atoms with E-state index in [0.29, 0.717) is 6.61 Å². The van der Waals surface area contributed by atoms with Crippen molar-refractivity contribution >= 4 is 0 Å². The van der Waals surface area contributed by atoms with Gasteiger partial charge in [-0.2, -0.15) is 0 Å². The lowest BCUT2D eigenvalue weighted by atomic mass is 10.1. The third-order valence-electron chi connectivity index (χ3n) is 5.12. The maximum atomic E-state index is 6.10. The molecule has 1 aliphatic heterocycles. The predicted molar refractivity (Wildman–Crippen MR) is 109 cm³/mol. The molecular weight excluding hydrogens is 338 g/mol. The largest absolute Gasteiger partial charge is 0.496 e. The fourth-order valence-corrected chi connectivity index (χ4v) is 3.45. The third-order valence-corrected chi connectivity index (χ3v) is 5.12. The van der Waals surface area contributed by atoms with Crippen molar-refractivity contribution < 1.29 is 14.2 Å². The van der Waals surface area contributed by atoms with Crippen LogP contribution in [-0.4, -0.2) is 44.9 Å². The first-order valence-corrected chi connectivity index (χ1v) is 9.81. The predicted octanol–water partition coefficient (Wildman–Crippen LogP) is 4.16. The maximum Gasteiger partial charge on any atom is 0.125 e. The van der Waals surface area contributed by atoms with Crippen LogP contribution in [0.4, 0.5) is 0 Å². The Morgan fingerprint density at radius 1 is 1.00 bits per heavy atom. The summed E-state index contributed by atoms with van der Waals surface area (Å²) in [6, 6.07) is 12.8. The number of aryl methyl sites for hydroxylation is 3. The van der Waals surface area contributed by atoms with Gasteiger partial charge in [0, 0.05) is 18.7 Å². The standard InChI is InChI=1S/C23H31NO3/c1-18-6-7-19(2)23(15-18)27-17-21-16-20(8-9-22(21)25-3)5-4-10-24-11-13-26-14-12-24/h6-9,15-16H,4-5,10-14,17H2,1-3H3. The van der Waals surface area contributed by atoms with Gasteiger partial charge in [0.15, 0.2) is 0 Å². The Labute approximate surface area is 163 Å². The molecule has 4 heteroatoms. The van der Waals surface area contributed by atoms with Crippen LogP contribution in [-0.2, 0) is 17.8 Å². The first kappa shape index (κ1) is 19.7. The van der Waals surface area contributed by atoms with Gasteiger partial charge in [-0.1, -0.05) is 18.2 Å². The molecule has 0 N–H and O–H groups in total. The highest BCUT2D eigenvalue weighted by Gasteiger charge is 2.11. The smallest absolute Gasteiger partial charge is 0.125 e. The van der Waals surface area contributed by atoms with Gasteiger partial charge in [0.1, 0.15) is 18.1 Å². The van der Waals surface area contributed by atoms with Crippen molar-refractivity contribution in [1.29, 1.82) is 0 Å². The fraction of sp³-hybridized carbons (Fsp3) is 0.478. The minimum atomic E-state index is 0.519. The van der Waals surface area contributed by atoms with E-state index in [1.165, 1.54) is 11.1 Å². The van der Waals surface area contributed by atoms with Gasteiger partial charge in [-0.05, 0) is 68.1 Å². The van der Waals surface area contributed by atoms with Gasteiger partial charge in [0.25, 0.3) is 0 Å². The molecule has 27 heavy (non-hydrogen) atoms. The average Bonchev–Trinajstić information content (AvgIpc) is 2.69. The Morgan fingerprint density at radius 2 is 1.81 bits per heavy atom. The quantitative estimate of drug-likeness (QED) is 0.699. The van der Waals surface area contributed by atoms with Crippen LogP contribution in [0.25, 0.3) is 0 Å². The summed E-state index contributed by atoms with van der Waals surface area (Å²) in [5.41, 5.74) is 4.80. The van der Waals surface area contributed by atoms with E-state index >= 15 is 0 Å². The first-order chi connectivity index (χ1) is 13.2. The molecule has 0 amide bonds. The van der Waals surface area contributed by atoms with E-state index < -0.39 is 0 Å². The Bertz CT molecular complexity index is 738. The van der Waals surface area contributed by atoms with E-state index in [9.17, 15) is 0 Å². The van der Waals surface area contributed by atoms with E-state index in [4.69, 9.17) is 14.2 Å². The Hall–Kier alpha value is -2.04. The van der Waals surface area contributed by atoms with Crippen molar-refractivity contribution in [2.45, 2.75) is 33.3 Å². The molecule has 0 spiro atoms. The highest BCUT2D eigenvalue weighted by Crippen LogP contribution is 2.25. The summed E-state index contributed by atoms with van der Waals surface area (Å²) in [7, 11) is 1.72. The van der Waals surface area contributed by atoms with Gasteiger partial charge in [-0.3, -0.25) is 4.90 Å². The van der Waals surface area contributed by atoms with Crippen LogP contribution in [0.5, 0.6) is 11.5 Å². The van der Waals surface area contributed by atoms with Crippen LogP contribution < -0.4 is 9.47 Å². The molecule has 0 aromatic heterocycles. The van der Waals surface area contributed by atoms with E-state index in [0.717, 1.165) is 68.3 Å². The minimum absolute atomic E-state index is 0.519. The van der Waals surface area contributed by atoms with Crippen molar-refractivity contribution in [3.8, 4) is 11.5 Å². The van der Waals surface area contributed by atoms with Gasteiger partial charge in [-0.25, -0.2) is 0 Å². The molecule has 1 heterocycles. The molecule has 3 rings (SSSR count). The summed E-state index contributed by atoms with van der Waals surface area (Å²) in [4.78, 5) is 2.48. The van der Waals surface area contributed by atoms with Crippen molar-refractivity contribution in [3.05, 3.63) is 58.7 Å². The fourth-order valence-electron chi connectivity index (χ4n) is 3.45. The van der Waals surface area contributed by atoms with Crippen LogP contribution >= 0.6 is 0 Å². The van der Waals surface area contributed by atoms with E-state index in [2.05, 4.69) is 55.1 Å². The first-order valence-electron chi connectivity index (χ1n) is 9.81. The monoisotopic (exact) mass is 369 g/mol. The second-order valence-electron chi connectivity index (χ2n) is 7.26. The zero-order valence-corrected chi connectivity index (χ0v) is 16.8. The normalized spacial score (nSPS) is 14.9. The summed E-state index contributed by atoms with van der Waals surface area (Å²) in [5, 5.41) is 0. The molecular formula is C23H31NO3. The van der Waals surface area contributed by atoms with Gasteiger partial charge in [0.2, 0.25) is 0 Å². The molecule has 0 saturated carbocycles. The SMILES string of the molecule is COc1ccc(CCCN2CCOCC2)cc1COc1cc(C)ccc1C. The Balaban J connectivity index is 1.59. The van der Waals surface area contributed by atoms with Gasteiger partial charge in [0.05, 0.1) is 20.3 Å². The molecule has 4 nitrogen and oxygen atoms in total. The molecule has 0 bridgehead atoms. The Kier molecular flexibility index (Phi) is 7.13. The number of benzene rings is 2. The van der Waals surface area contributed by atoms with Gasteiger partial charge < -0.3 is 14.2 Å². The molecule has 1 saturated heterocycles. The number of rotatable bonds is 8. The zero-order chi connectivity index (χ0) is 19.1. The van der Waals surface area contributed by atoms with Crippen LogP contribution in [0.15, 0.2) is 36.4 Å². The lowest BCUT2D eigenvalue weighted by Gasteiger charge is -2.26. The summed E-state index contributed by atoms with van der Waals surface area (Å²) in [6.45, 7) is 9.64. The number of nitrogens with zero attached hydrogens (tertiary/aromatic N) is 1. The lowest BCUT2D eigenvalue weighted by Crippen LogP contribution is -2.36. The number of ether oxygens (including phenoxy) is 3. The summed E-state index contributed by atoms with van der Waals surface area (Å²) >= 11 is 0. The van der Waals surface area contributed by atoms with E-state index in [-0.39, 0.29) is 0 Å². The second kappa shape index (κ2) is 9.77. The van der Waals surface area contributed by atoms with Crippen LogP contribution in [0, 0.1) is 13.8 Å². The van der Waals surface area contributed by atoms with Crippen LogP contribution in [0.1, 0.15) is 28.7 Å². The summed E-state index contributed by atoms with van der Waals surface area (Å²) in [5.74, 6) is 1.83. The Morgan fingerprint density at radius 3 is 2.59 bits per heavy atom. The summed E-state index contributed by atoms with van der Waals surface area (Å²) in [6.07, 6.45) is 2.22. The highest BCUT2D eigenvalue weighted by atomic mass is 16.5. The van der Waals surface area contributed by atoms with Gasteiger partial charge >= 0.3 is 0 Å². The van der Waals surface area contributed by atoms with Crippen LogP contribution in [0.2, 0.25) is 0 Å². The molecule has 2 aromatic carbocycles. The molecule has 0 unspecified atom stereocenters. The van der Waals surface area contributed by atoms with Crippen molar-refractivity contribution in [1.82, 2.24) is 4.90 Å². The number of hydrogen-bond donors (Lipinski definition) is 0. The molecule has 1 fully saturated rings. The maximum absolute atomic E-state index is 6.10. The average molecular weight is 370 g/mol. The number of methoxy groups -OCH3 is 1. The minimum Gasteiger partial charge on any atom is -0.496 e.